The standard InChI is InChI=1S/C21H30N4OS/c1-15(2)19(25-11-8-16(3)9-12-25)14-23-21(26)24-18-6-4-17(5-7-18)20-22-10-13-27-20/h4-7,10,13,15-16,19H,8-9,11-12,14H2,1-3H3,(H2,23,24,26). The van der Waals surface area contributed by atoms with E-state index in [9.17, 15) is 4.79 Å². The van der Waals surface area contributed by atoms with E-state index in [0.717, 1.165) is 35.3 Å². The van der Waals surface area contributed by atoms with Crippen LogP contribution in [0.5, 0.6) is 0 Å². The molecule has 2 amide bonds. The fourth-order valence-corrected chi connectivity index (χ4v) is 4.23. The first-order chi connectivity index (χ1) is 13.0. The van der Waals surface area contributed by atoms with Gasteiger partial charge in [0.15, 0.2) is 0 Å². The fourth-order valence-electron chi connectivity index (χ4n) is 3.58. The summed E-state index contributed by atoms with van der Waals surface area (Å²) in [5.74, 6) is 1.33. The highest BCUT2D eigenvalue weighted by molar-refractivity contribution is 7.13. The quantitative estimate of drug-likeness (QED) is 0.757. The molecular weight excluding hydrogens is 356 g/mol. The Morgan fingerprint density at radius 2 is 1.96 bits per heavy atom. The van der Waals surface area contributed by atoms with Gasteiger partial charge in [0, 0.05) is 35.4 Å². The highest BCUT2D eigenvalue weighted by Crippen LogP contribution is 2.23. The number of amides is 2. The van der Waals surface area contributed by atoms with Gasteiger partial charge in [-0.3, -0.25) is 4.90 Å². The van der Waals surface area contributed by atoms with Crippen molar-refractivity contribution in [1.82, 2.24) is 15.2 Å². The molecule has 0 bridgehead atoms. The molecule has 1 unspecified atom stereocenters. The lowest BCUT2D eigenvalue weighted by Gasteiger charge is -2.38. The fraction of sp³-hybridized carbons (Fsp3) is 0.524. The Bertz CT molecular complexity index is 706. The highest BCUT2D eigenvalue weighted by Gasteiger charge is 2.25. The van der Waals surface area contributed by atoms with Crippen LogP contribution in [-0.2, 0) is 0 Å². The van der Waals surface area contributed by atoms with Crippen LogP contribution in [0.4, 0.5) is 10.5 Å². The van der Waals surface area contributed by atoms with Crippen LogP contribution >= 0.6 is 11.3 Å². The average molecular weight is 387 g/mol. The first-order valence-electron chi connectivity index (χ1n) is 9.81. The second-order valence-corrected chi connectivity index (χ2v) is 8.67. The molecule has 1 aliphatic heterocycles. The van der Waals surface area contributed by atoms with Crippen LogP contribution in [0.15, 0.2) is 35.8 Å². The molecule has 2 aromatic rings. The van der Waals surface area contributed by atoms with Gasteiger partial charge < -0.3 is 10.6 Å². The highest BCUT2D eigenvalue weighted by atomic mass is 32.1. The van der Waals surface area contributed by atoms with E-state index >= 15 is 0 Å². The summed E-state index contributed by atoms with van der Waals surface area (Å²) in [6, 6.07) is 8.05. The molecular formula is C21H30N4OS. The van der Waals surface area contributed by atoms with Gasteiger partial charge in [-0.05, 0) is 62.0 Å². The van der Waals surface area contributed by atoms with E-state index in [2.05, 4.69) is 41.3 Å². The number of thiazole rings is 1. The zero-order valence-electron chi connectivity index (χ0n) is 16.4. The smallest absolute Gasteiger partial charge is 0.319 e. The van der Waals surface area contributed by atoms with Crippen molar-refractivity contribution in [2.45, 2.75) is 39.7 Å². The monoisotopic (exact) mass is 386 g/mol. The third kappa shape index (κ3) is 5.53. The van der Waals surface area contributed by atoms with Crippen LogP contribution < -0.4 is 10.6 Å². The molecule has 0 aliphatic carbocycles. The number of hydrogen-bond donors (Lipinski definition) is 2. The van der Waals surface area contributed by atoms with Crippen molar-refractivity contribution in [2.75, 3.05) is 25.0 Å². The van der Waals surface area contributed by atoms with Gasteiger partial charge in [-0.1, -0.05) is 20.8 Å². The second kappa shape index (κ2) is 9.33. The van der Waals surface area contributed by atoms with Gasteiger partial charge in [0.05, 0.1) is 0 Å². The third-order valence-corrected chi connectivity index (χ3v) is 6.17. The van der Waals surface area contributed by atoms with Crippen LogP contribution in [0, 0.1) is 11.8 Å². The van der Waals surface area contributed by atoms with Gasteiger partial charge in [0.2, 0.25) is 0 Å². The number of rotatable bonds is 6. The number of nitrogens with one attached hydrogen (secondary N) is 2. The van der Waals surface area contributed by atoms with Gasteiger partial charge in [-0.25, -0.2) is 9.78 Å². The van der Waals surface area contributed by atoms with E-state index in [1.807, 2.05) is 29.6 Å². The number of carbonyl (C=O) groups is 1. The Balaban J connectivity index is 1.50. The van der Waals surface area contributed by atoms with Crippen LogP contribution in [0.25, 0.3) is 10.6 Å². The summed E-state index contributed by atoms with van der Waals surface area (Å²) in [5, 5.41) is 8.94. The summed E-state index contributed by atoms with van der Waals surface area (Å²) in [4.78, 5) is 19.2. The molecule has 0 saturated carbocycles. The minimum Gasteiger partial charge on any atom is -0.336 e. The van der Waals surface area contributed by atoms with E-state index in [1.165, 1.54) is 12.8 Å². The van der Waals surface area contributed by atoms with Crippen molar-refractivity contribution in [3.63, 3.8) is 0 Å². The largest absolute Gasteiger partial charge is 0.336 e. The first-order valence-corrected chi connectivity index (χ1v) is 10.7. The number of carbonyl (C=O) groups excluding carboxylic acids is 1. The van der Waals surface area contributed by atoms with Crippen molar-refractivity contribution in [3.8, 4) is 10.6 Å². The van der Waals surface area contributed by atoms with E-state index in [1.54, 1.807) is 17.5 Å². The molecule has 6 heteroatoms. The average Bonchev–Trinajstić information content (AvgIpc) is 3.18. The van der Waals surface area contributed by atoms with Crippen LogP contribution in [0.3, 0.4) is 0 Å². The Morgan fingerprint density at radius 3 is 2.56 bits per heavy atom. The number of aromatic nitrogens is 1. The van der Waals surface area contributed by atoms with Crippen LogP contribution in [0.1, 0.15) is 33.6 Å². The second-order valence-electron chi connectivity index (χ2n) is 7.78. The van der Waals surface area contributed by atoms with Crippen molar-refractivity contribution in [3.05, 3.63) is 35.8 Å². The summed E-state index contributed by atoms with van der Waals surface area (Å²) in [6.45, 7) is 9.73. The topological polar surface area (TPSA) is 57.3 Å². The Kier molecular flexibility index (Phi) is 6.85. The Labute approximate surface area is 166 Å². The lowest BCUT2D eigenvalue weighted by molar-refractivity contribution is 0.108. The maximum Gasteiger partial charge on any atom is 0.319 e. The van der Waals surface area contributed by atoms with Crippen molar-refractivity contribution >= 4 is 23.1 Å². The summed E-state index contributed by atoms with van der Waals surface area (Å²) < 4.78 is 0. The van der Waals surface area contributed by atoms with Gasteiger partial charge in [0.1, 0.15) is 5.01 Å². The van der Waals surface area contributed by atoms with Crippen molar-refractivity contribution in [2.24, 2.45) is 11.8 Å². The van der Waals surface area contributed by atoms with E-state index < -0.39 is 0 Å². The van der Waals surface area contributed by atoms with Crippen LogP contribution in [0.2, 0.25) is 0 Å². The summed E-state index contributed by atoms with van der Waals surface area (Å²) in [5.41, 5.74) is 1.86. The summed E-state index contributed by atoms with van der Waals surface area (Å²) >= 11 is 1.61. The number of benzene rings is 1. The molecule has 0 radical (unpaired) electrons. The zero-order valence-corrected chi connectivity index (χ0v) is 17.3. The number of likely N-dealkylation sites (tertiary alicyclic amines) is 1. The summed E-state index contributed by atoms with van der Waals surface area (Å²) in [7, 11) is 0. The molecule has 27 heavy (non-hydrogen) atoms. The molecule has 2 heterocycles. The SMILES string of the molecule is CC1CCN(C(CNC(=O)Nc2ccc(-c3nccs3)cc2)C(C)C)CC1. The number of nitrogens with zero attached hydrogens (tertiary/aromatic N) is 2. The minimum atomic E-state index is -0.145. The molecule has 1 atom stereocenters. The normalized spacial score (nSPS) is 17.0. The van der Waals surface area contributed by atoms with Gasteiger partial charge in [-0.2, -0.15) is 0 Å². The Hall–Kier alpha value is -1.92. The van der Waals surface area contributed by atoms with Crippen LogP contribution in [-0.4, -0.2) is 41.6 Å². The number of urea groups is 1. The lowest BCUT2D eigenvalue weighted by Crippen LogP contribution is -2.50. The van der Waals surface area contributed by atoms with E-state index in [4.69, 9.17) is 0 Å². The number of piperidine rings is 1. The molecule has 146 valence electrons. The molecule has 1 aromatic carbocycles. The summed E-state index contributed by atoms with van der Waals surface area (Å²) in [6.07, 6.45) is 4.30. The third-order valence-electron chi connectivity index (χ3n) is 5.35. The van der Waals surface area contributed by atoms with Crippen molar-refractivity contribution in [1.29, 1.82) is 0 Å². The molecule has 1 saturated heterocycles. The van der Waals surface area contributed by atoms with Gasteiger partial charge in [0.25, 0.3) is 0 Å². The Morgan fingerprint density at radius 1 is 1.26 bits per heavy atom. The molecule has 3 rings (SSSR count). The van der Waals surface area contributed by atoms with Gasteiger partial charge >= 0.3 is 6.03 Å². The van der Waals surface area contributed by atoms with E-state index in [-0.39, 0.29) is 6.03 Å². The molecule has 0 spiro atoms. The molecule has 2 N–H and O–H groups in total. The predicted molar refractivity (Wildman–Crippen MR) is 113 cm³/mol. The lowest BCUT2D eigenvalue weighted by atomic mass is 9.94. The minimum absolute atomic E-state index is 0.145. The van der Waals surface area contributed by atoms with Gasteiger partial charge in [-0.15, -0.1) is 11.3 Å². The molecule has 1 fully saturated rings. The van der Waals surface area contributed by atoms with Crippen molar-refractivity contribution < 1.29 is 4.79 Å². The maximum atomic E-state index is 12.3. The maximum absolute atomic E-state index is 12.3. The number of hydrogen-bond acceptors (Lipinski definition) is 4. The molecule has 1 aromatic heterocycles. The number of anilines is 1. The predicted octanol–water partition coefficient (Wildman–Crippen LogP) is 4.69. The molecule has 5 nitrogen and oxygen atoms in total. The zero-order chi connectivity index (χ0) is 19.2. The first kappa shape index (κ1) is 19.8. The molecule has 1 aliphatic rings. The van der Waals surface area contributed by atoms with E-state index in [0.29, 0.717) is 18.5 Å².